The van der Waals surface area contributed by atoms with Crippen molar-refractivity contribution in [1.82, 2.24) is 19.9 Å². The van der Waals surface area contributed by atoms with Crippen molar-refractivity contribution in [1.29, 1.82) is 0 Å². The van der Waals surface area contributed by atoms with Gasteiger partial charge in [-0.05, 0) is 67.9 Å². The lowest BCUT2D eigenvalue weighted by molar-refractivity contribution is 0.564. The minimum atomic E-state index is -3.74. The largest absolute Gasteiger partial charge is 0.280 e. The quantitative estimate of drug-likeness (QED) is 0.461. The number of aromatic amines is 1. The van der Waals surface area contributed by atoms with E-state index in [1.54, 1.807) is 55.7 Å². The van der Waals surface area contributed by atoms with Crippen LogP contribution in [0.25, 0.3) is 22.4 Å². The average Bonchev–Trinajstić information content (AvgIpc) is 3.20. The third-order valence-corrected chi connectivity index (χ3v) is 6.53. The Labute approximate surface area is 180 Å². The highest BCUT2D eigenvalue weighted by molar-refractivity contribution is 7.89. The second-order valence-corrected chi connectivity index (χ2v) is 8.97. The van der Waals surface area contributed by atoms with Crippen molar-refractivity contribution in [2.75, 3.05) is 0 Å². The number of halogens is 1. The molecule has 158 valence electrons. The van der Waals surface area contributed by atoms with Gasteiger partial charge in [0.05, 0.1) is 16.6 Å². The molecule has 4 aromatic rings. The predicted octanol–water partition coefficient (Wildman–Crippen LogP) is 4.63. The van der Waals surface area contributed by atoms with Crippen LogP contribution in [0.2, 0.25) is 0 Å². The summed E-state index contributed by atoms with van der Waals surface area (Å²) >= 11 is 0. The monoisotopic (exact) mass is 436 g/mol. The van der Waals surface area contributed by atoms with Gasteiger partial charge >= 0.3 is 0 Å². The molecular weight excluding hydrogens is 415 g/mol. The lowest BCUT2D eigenvalue weighted by Crippen LogP contribution is -2.27. The molecule has 0 amide bonds. The zero-order chi connectivity index (χ0) is 22.0. The van der Waals surface area contributed by atoms with Crippen LogP contribution in [0.3, 0.4) is 0 Å². The molecule has 0 aliphatic heterocycles. The van der Waals surface area contributed by atoms with Gasteiger partial charge in [0.1, 0.15) is 11.5 Å². The number of rotatable bonds is 6. The van der Waals surface area contributed by atoms with E-state index in [0.29, 0.717) is 17.0 Å². The molecule has 0 saturated carbocycles. The summed E-state index contributed by atoms with van der Waals surface area (Å²) in [6, 6.07) is 15.7. The number of aryl methyl sites for hydroxylation is 1. The SMILES string of the molecule is Cc1ccc(S(=O)(=O)N[C@H](C)c2[nH]nc(-c3ccc(F)cc3)c2-c2ccncc2)cc1. The van der Waals surface area contributed by atoms with Crippen molar-refractivity contribution < 1.29 is 12.8 Å². The molecule has 2 heterocycles. The van der Waals surface area contributed by atoms with E-state index in [4.69, 9.17) is 0 Å². The number of aromatic nitrogens is 3. The molecule has 0 fully saturated rings. The van der Waals surface area contributed by atoms with Gasteiger partial charge in [-0.15, -0.1) is 0 Å². The van der Waals surface area contributed by atoms with Gasteiger partial charge in [0.15, 0.2) is 0 Å². The van der Waals surface area contributed by atoms with Crippen LogP contribution in [-0.4, -0.2) is 23.6 Å². The van der Waals surface area contributed by atoms with E-state index in [2.05, 4.69) is 19.9 Å². The highest BCUT2D eigenvalue weighted by atomic mass is 32.2. The van der Waals surface area contributed by atoms with Crippen LogP contribution in [0.5, 0.6) is 0 Å². The average molecular weight is 437 g/mol. The lowest BCUT2D eigenvalue weighted by Gasteiger charge is -2.15. The summed E-state index contributed by atoms with van der Waals surface area (Å²) in [4.78, 5) is 4.25. The molecule has 0 aliphatic carbocycles. The molecule has 0 unspecified atom stereocenters. The number of sulfonamides is 1. The number of hydrogen-bond donors (Lipinski definition) is 2. The summed E-state index contributed by atoms with van der Waals surface area (Å²) < 4.78 is 41.9. The van der Waals surface area contributed by atoms with Gasteiger partial charge in [-0.25, -0.2) is 17.5 Å². The van der Waals surface area contributed by atoms with E-state index in [-0.39, 0.29) is 10.7 Å². The Kier molecular flexibility index (Phi) is 5.67. The van der Waals surface area contributed by atoms with Crippen LogP contribution < -0.4 is 4.72 Å². The smallest absolute Gasteiger partial charge is 0.241 e. The number of hydrogen-bond acceptors (Lipinski definition) is 4. The van der Waals surface area contributed by atoms with E-state index >= 15 is 0 Å². The minimum absolute atomic E-state index is 0.189. The summed E-state index contributed by atoms with van der Waals surface area (Å²) in [7, 11) is -3.74. The topological polar surface area (TPSA) is 87.7 Å². The molecule has 0 aliphatic rings. The van der Waals surface area contributed by atoms with E-state index in [1.165, 1.54) is 12.1 Å². The molecule has 2 N–H and O–H groups in total. The maximum Gasteiger partial charge on any atom is 0.241 e. The van der Waals surface area contributed by atoms with Gasteiger partial charge in [0, 0.05) is 23.5 Å². The lowest BCUT2D eigenvalue weighted by atomic mass is 9.97. The highest BCUT2D eigenvalue weighted by Crippen LogP contribution is 2.36. The third kappa shape index (κ3) is 4.40. The number of benzene rings is 2. The standard InChI is InChI=1S/C23H21FN4O2S/c1-15-3-9-20(10-4-15)31(29,30)28-16(2)22-21(17-11-13-25-14-12-17)23(27-26-22)18-5-7-19(24)8-6-18/h3-14,16,28H,1-2H3,(H,26,27)/t16-/m1/s1. The van der Waals surface area contributed by atoms with Gasteiger partial charge in [0.25, 0.3) is 0 Å². The fraction of sp³-hybridized carbons (Fsp3) is 0.130. The fourth-order valence-corrected chi connectivity index (χ4v) is 4.59. The maximum atomic E-state index is 13.4. The number of H-pyrrole nitrogens is 1. The fourth-order valence-electron chi connectivity index (χ4n) is 3.37. The van der Waals surface area contributed by atoms with Crippen LogP contribution >= 0.6 is 0 Å². The summed E-state index contributed by atoms with van der Waals surface area (Å²) in [5.74, 6) is -0.343. The molecule has 4 rings (SSSR count). The van der Waals surface area contributed by atoms with Crippen molar-refractivity contribution in [2.45, 2.75) is 24.8 Å². The molecule has 8 heteroatoms. The normalized spacial score (nSPS) is 12.6. The Hall–Kier alpha value is -3.36. The van der Waals surface area contributed by atoms with Crippen LogP contribution in [0.1, 0.15) is 24.2 Å². The van der Waals surface area contributed by atoms with Gasteiger partial charge < -0.3 is 0 Å². The molecule has 31 heavy (non-hydrogen) atoms. The molecule has 1 atom stereocenters. The van der Waals surface area contributed by atoms with Crippen LogP contribution in [0, 0.1) is 12.7 Å². The van der Waals surface area contributed by atoms with Crippen molar-refractivity contribution in [3.63, 3.8) is 0 Å². The summed E-state index contributed by atoms with van der Waals surface area (Å²) in [6.45, 7) is 3.65. The van der Waals surface area contributed by atoms with Crippen molar-refractivity contribution >= 4 is 10.0 Å². The first-order valence-electron chi connectivity index (χ1n) is 9.69. The molecule has 0 spiro atoms. The second-order valence-electron chi connectivity index (χ2n) is 7.26. The first-order chi connectivity index (χ1) is 14.8. The zero-order valence-corrected chi connectivity index (χ0v) is 17.8. The summed E-state index contributed by atoms with van der Waals surface area (Å²) in [5, 5.41) is 7.40. The Morgan fingerprint density at radius 1 is 0.935 bits per heavy atom. The molecular formula is C23H21FN4O2S. The summed E-state index contributed by atoms with van der Waals surface area (Å²) in [5.41, 5.74) is 4.44. The zero-order valence-electron chi connectivity index (χ0n) is 17.0. The maximum absolute atomic E-state index is 13.4. The van der Waals surface area contributed by atoms with Gasteiger partial charge in [-0.1, -0.05) is 17.7 Å². The van der Waals surface area contributed by atoms with Crippen LogP contribution in [0.15, 0.2) is 78.0 Å². The van der Waals surface area contributed by atoms with E-state index in [9.17, 15) is 12.8 Å². The van der Waals surface area contributed by atoms with Crippen LogP contribution in [0.4, 0.5) is 4.39 Å². The Morgan fingerprint density at radius 2 is 1.58 bits per heavy atom. The molecule has 0 bridgehead atoms. The number of nitrogens with zero attached hydrogens (tertiary/aromatic N) is 2. The highest BCUT2D eigenvalue weighted by Gasteiger charge is 2.25. The van der Waals surface area contributed by atoms with Crippen molar-refractivity contribution in [3.05, 3.63) is 90.1 Å². The third-order valence-electron chi connectivity index (χ3n) is 4.98. The molecule has 2 aromatic heterocycles. The minimum Gasteiger partial charge on any atom is -0.280 e. The predicted molar refractivity (Wildman–Crippen MR) is 117 cm³/mol. The molecule has 0 saturated heterocycles. The molecule has 6 nitrogen and oxygen atoms in total. The van der Waals surface area contributed by atoms with E-state index < -0.39 is 16.1 Å². The summed E-state index contributed by atoms with van der Waals surface area (Å²) in [6.07, 6.45) is 3.31. The van der Waals surface area contributed by atoms with Crippen molar-refractivity contribution in [2.24, 2.45) is 0 Å². The Balaban J connectivity index is 1.76. The number of nitrogens with one attached hydrogen (secondary N) is 2. The first-order valence-corrected chi connectivity index (χ1v) is 11.2. The van der Waals surface area contributed by atoms with Crippen molar-refractivity contribution in [3.8, 4) is 22.4 Å². The molecule has 0 radical (unpaired) electrons. The van der Waals surface area contributed by atoms with Gasteiger partial charge in [-0.2, -0.15) is 5.10 Å². The van der Waals surface area contributed by atoms with E-state index in [1.807, 2.05) is 19.1 Å². The van der Waals surface area contributed by atoms with E-state index in [0.717, 1.165) is 16.7 Å². The Bertz CT molecular complexity index is 1290. The first kappa shape index (κ1) is 20.9. The Morgan fingerprint density at radius 3 is 2.23 bits per heavy atom. The van der Waals surface area contributed by atoms with Crippen LogP contribution in [-0.2, 0) is 10.0 Å². The van der Waals surface area contributed by atoms with Gasteiger partial charge in [0.2, 0.25) is 10.0 Å². The second kappa shape index (κ2) is 8.41. The van der Waals surface area contributed by atoms with Gasteiger partial charge in [-0.3, -0.25) is 10.1 Å². The molecule has 2 aromatic carbocycles. The number of pyridine rings is 1.